The Bertz CT molecular complexity index is 429. The van der Waals surface area contributed by atoms with Crippen molar-refractivity contribution in [3.05, 3.63) is 0 Å². The highest BCUT2D eigenvalue weighted by Gasteiger charge is 2.33. The monoisotopic (exact) mass is 338 g/mol. The normalized spacial score (nSPS) is 19.8. The minimum atomic E-state index is -4.45. The molecule has 1 aliphatic heterocycles. The minimum absolute atomic E-state index is 0.0109. The number of hydrogen-bond donors (Lipinski definition) is 1. The molecular formula is C14H25F3N4O2. The molecule has 0 aromatic heterocycles. The molecule has 1 aliphatic rings. The number of halogens is 3. The van der Waals surface area contributed by atoms with Crippen LogP contribution in [-0.2, 0) is 4.79 Å². The number of carbonyl (C=O) groups excluding carboxylic acids is 2. The first-order chi connectivity index (χ1) is 10.5. The Morgan fingerprint density at radius 3 is 2.43 bits per heavy atom. The third-order valence-corrected chi connectivity index (χ3v) is 3.89. The van der Waals surface area contributed by atoms with E-state index < -0.39 is 31.2 Å². The van der Waals surface area contributed by atoms with Crippen molar-refractivity contribution in [2.45, 2.75) is 26.1 Å². The second-order valence-electron chi connectivity index (χ2n) is 6.29. The second-order valence-corrected chi connectivity index (χ2v) is 6.29. The van der Waals surface area contributed by atoms with Crippen molar-refractivity contribution in [2.24, 2.45) is 5.92 Å². The average Bonchev–Trinajstić information content (AvgIpc) is 2.42. The molecule has 0 aromatic carbocycles. The molecule has 0 saturated carbocycles. The Labute approximate surface area is 134 Å². The zero-order chi connectivity index (χ0) is 17.8. The minimum Gasteiger partial charge on any atom is -0.335 e. The van der Waals surface area contributed by atoms with Gasteiger partial charge in [-0.25, -0.2) is 4.79 Å². The molecule has 1 fully saturated rings. The summed E-state index contributed by atoms with van der Waals surface area (Å²) in [5.74, 6) is -0.530. The van der Waals surface area contributed by atoms with Crippen molar-refractivity contribution in [3.63, 3.8) is 0 Å². The molecule has 3 amide bonds. The molecule has 1 saturated heterocycles. The van der Waals surface area contributed by atoms with Crippen molar-refractivity contribution >= 4 is 11.9 Å². The number of likely N-dealkylation sites (N-methyl/N-ethyl adjacent to an activating group) is 2. The van der Waals surface area contributed by atoms with Gasteiger partial charge in [-0.3, -0.25) is 4.79 Å². The van der Waals surface area contributed by atoms with Gasteiger partial charge in [0.1, 0.15) is 6.54 Å². The highest BCUT2D eigenvalue weighted by atomic mass is 19.4. The molecule has 134 valence electrons. The first-order valence-electron chi connectivity index (χ1n) is 7.55. The molecule has 0 aromatic rings. The van der Waals surface area contributed by atoms with E-state index in [0.29, 0.717) is 11.4 Å². The first-order valence-corrected chi connectivity index (χ1v) is 7.55. The van der Waals surface area contributed by atoms with Crippen molar-refractivity contribution in [1.82, 2.24) is 20.0 Å². The summed E-state index contributed by atoms with van der Waals surface area (Å²) < 4.78 is 36.7. The fourth-order valence-electron chi connectivity index (χ4n) is 2.52. The third kappa shape index (κ3) is 6.25. The Kier molecular flexibility index (Phi) is 6.67. The van der Waals surface area contributed by atoms with E-state index in [-0.39, 0.29) is 12.0 Å². The van der Waals surface area contributed by atoms with Crippen LogP contribution in [0.1, 0.15) is 13.8 Å². The number of hydrogen-bond acceptors (Lipinski definition) is 3. The second kappa shape index (κ2) is 7.85. The Balaban J connectivity index is 2.53. The van der Waals surface area contributed by atoms with Gasteiger partial charge in [0, 0.05) is 32.7 Å². The van der Waals surface area contributed by atoms with Crippen molar-refractivity contribution in [3.8, 4) is 0 Å². The smallest absolute Gasteiger partial charge is 0.335 e. The maximum Gasteiger partial charge on any atom is 0.406 e. The fraction of sp³-hybridized carbons (Fsp3) is 0.857. The van der Waals surface area contributed by atoms with Gasteiger partial charge in [-0.2, -0.15) is 13.2 Å². The Morgan fingerprint density at radius 1 is 1.30 bits per heavy atom. The van der Waals surface area contributed by atoms with E-state index in [1.807, 2.05) is 20.9 Å². The lowest BCUT2D eigenvalue weighted by atomic mass is 10.0. The van der Waals surface area contributed by atoms with Crippen LogP contribution in [0.3, 0.4) is 0 Å². The number of nitrogens with zero attached hydrogens (tertiary/aromatic N) is 3. The number of carbonyl (C=O) groups is 2. The van der Waals surface area contributed by atoms with Crippen molar-refractivity contribution in [2.75, 3.05) is 46.8 Å². The summed E-state index contributed by atoms with van der Waals surface area (Å²) in [4.78, 5) is 28.2. The summed E-state index contributed by atoms with van der Waals surface area (Å²) in [7, 11) is 3.04. The van der Waals surface area contributed by atoms with Crippen molar-refractivity contribution in [1.29, 1.82) is 0 Å². The molecule has 1 rings (SSSR count). The Morgan fingerprint density at radius 2 is 1.91 bits per heavy atom. The maximum atomic E-state index is 12.2. The summed E-state index contributed by atoms with van der Waals surface area (Å²) in [6.45, 7) is 4.22. The van der Waals surface area contributed by atoms with Gasteiger partial charge in [0.25, 0.3) is 0 Å². The van der Waals surface area contributed by atoms with Crippen LogP contribution in [0.25, 0.3) is 0 Å². The standard InChI is InChI=1S/C14H25F3N4O2/c1-10(2)11-8-19(3)5-6-21(11)13(23)18-7-12(22)20(4)9-14(15,16)17/h10-11H,5-9H2,1-4H3,(H,18,23)/t11-/m0/s1. The molecule has 0 spiro atoms. The van der Waals surface area contributed by atoms with E-state index in [2.05, 4.69) is 10.2 Å². The Hall–Kier alpha value is -1.51. The number of alkyl halides is 3. The maximum absolute atomic E-state index is 12.2. The zero-order valence-corrected chi connectivity index (χ0v) is 14.0. The van der Waals surface area contributed by atoms with E-state index in [1.54, 1.807) is 4.90 Å². The van der Waals surface area contributed by atoms with Gasteiger partial charge >= 0.3 is 12.2 Å². The van der Waals surface area contributed by atoms with Gasteiger partial charge in [-0.1, -0.05) is 13.8 Å². The van der Waals surface area contributed by atoms with Gasteiger partial charge < -0.3 is 20.0 Å². The summed E-state index contributed by atoms with van der Waals surface area (Å²) in [5.41, 5.74) is 0. The van der Waals surface area contributed by atoms with Crippen LogP contribution < -0.4 is 5.32 Å². The SMILES string of the molecule is CC(C)[C@@H]1CN(C)CCN1C(=O)NCC(=O)N(C)CC(F)(F)F. The van der Waals surface area contributed by atoms with Crippen LogP contribution in [0.5, 0.6) is 0 Å². The third-order valence-electron chi connectivity index (χ3n) is 3.89. The van der Waals surface area contributed by atoms with Gasteiger partial charge in [-0.15, -0.1) is 0 Å². The van der Waals surface area contributed by atoms with Crippen LogP contribution in [0.4, 0.5) is 18.0 Å². The van der Waals surface area contributed by atoms with E-state index in [0.717, 1.165) is 20.1 Å². The lowest BCUT2D eigenvalue weighted by Gasteiger charge is -2.42. The predicted molar refractivity (Wildman–Crippen MR) is 79.9 cm³/mol. The molecule has 9 heteroatoms. The van der Waals surface area contributed by atoms with Gasteiger partial charge in [0.2, 0.25) is 5.91 Å². The van der Waals surface area contributed by atoms with E-state index in [9.17, 15) is 22.8 Å². The van der Waals surface area contributed by atoms with Crippen LogP contribution in [0.2, 0.25) is 0 Å². The summed E-state index contributed by atoms with van der Waals surface area (Å²) >= 11 is 0. The number of nitrogens with one attached hydrogen (secondary N) is 1. The molecule has 1 heterocycles. The van der Waals surface area contributed by atoms with E-state index in [4.69, 9.17) is 0 Å². The quantitative estimate of drug-likeness (QED) is 0.832. The van der Waals surface area contributed by atoms with Gasteiger partial charge in [0.15, 0.2) is 0 Å². The molecule has 0 unspecified atom stereocenters. The van der Waals surface area contributed by atoms with Gasteiger partial charge in [0.05, 0.1) is 6.54 Å². The number of urea groups is 1. The molecule has 6 nitrogen and oxygen atoms in total. The number of amides is 3. The first kappa shape index (κ1) is 19.5. The number of rotatable bonds is 4. The molecule has 1 N–H and O–H groups in total. The molecular weight excluding hydrogens is 313 g/mol. The van der Waals surface area contributed by atoms with Crippen LogP contribution in [-0.4, -0.2) is 85.7 Å². The summed E-state index contributed by atoms with van der Waals surface area (Å²) in [6.07, 6.45) is -4.45. The topological polar surface area (TPSA) is 55.9 Å². The molecule has 0 aliphatic carbocycles. The van der Waals surface area contributed by atoms with E-state index >= 15 is 0 Å². The van der Waals surface area contributed by atoms with Gasteiger partial charge in [-0.05, 0) is 13.0 Å². The highest BCUT2D eigenvalue weighted by Crippen LogP contribution is 2.17. The van der Waals surface area contributed by atoms with Crippen LogP contribution in [0, 0.1) is 5.92 Å². The van der Waals surface area contributed by atoms with E-state index in [1.165, 1.54) is 0 Å². The molecule has 23 heavy (non-hydrogen) atoms. The van der Waals surface area contributed by atoms with Crippen molar-refractivity contribution < 1.29 is 22.8 Å². The lowest BCUT2D eigenvalue weighted by Crippen LogP contribution is -2.59. The summed E-state index contributed by atoms with van der Waals surface area (Å²) in [6, 6.07) is -0.401. The molecule has 1 atom stereocenters. The molecule has 0 radical (unpaired) electrons. The molecule has 0 bridgehead atoms. The largest absolute Gasteiger partial charge is 0.406 e. The average molecular weight is 338 g/mol. The van der Waals surface area contributed by atoms with Crippen LogP contribution in [0.15, 0.2) is 0 Å². The van der Waals surface area contributed by atoms with Crippen LogP contribution >= 0.6 is 0 Å². The lowest BCUT2D eigenvalue weighted by molar-refractivity contribution is -0.157. The summed E-state index contributed by atoms with van der Waals surface area (Å²) in [5, 5.41) is 2.43. The predicted octanol–water partition coefficient (Wildman–Crippen LogP) is 0.989. The zero-order valence-electron chi connectivity index (χ0n) is 14.0. The fourth-order valence-corrected chi connectivity index (χ4v) is 2.52. The number of piperazine rings is 1. The highest BCUT2D eigenvalue weighted by molar-refractivity contribution is 5.84.